The zero-order valence-corrected chi connectivity index (χ0v) is 15.6. The van der Waals surface area contributed by atoms with Gasteiger partial charge in [-0.2, -0.15) is 5.10 Å². The van der Waals surface area contributed by atoms with E-state index < -0.39 is 0 Å². The van der Waals surface area contributed by atoms with Crippen LogP contribution in [-0.4, -0.2) is 39.8 Å². The number of carbonyl (C=O) groups is 1. The summed E-state index contributed by atoms with van der Waals surface area (Å²) in [5.41, 5.74) is 2.33. The van der Waals surface area contributed by atoms with Crippen molar-refractivity contribution in [3.63, 3.8) is 0 Å². The molecular weight excluding hydrogens is 326 g/mol. The number of rotatable bonds is 5. The highest BCUT2D eigenvalue weighted by atomic mass is 16.5. The molecule has 1 amide bonds. The molecule has 5 heteroatoms. The van der Waals surface area contributed by atoms with Crippen molar-refractivity contribution < 1.29 is 9.53 Å². The molecule has 4 rings (SSSR count). The molecule has 0 bridgehead atoms. The summed E-state index contributed by atoms with van der Waals surface area (Å²) in [5, 5.41) is 4.26. The van der Waals surface area contributed by atoms with Crippen LogP contribution in [0.25, 0.3) is 0 Å². The summed E-state index contributed by atoms with van der Waals surface area (Å²) in [7, 11) is 1.94. The Morgan fingerprint density at radius 2 is 1.88 bits per heavy atom. The molecule has 0 N–H and O–H groups in total. The van der Waals surface area contributed by atoms with Gasteiger partial charge in [-0.1, -0.05) is 18.2 Å². The van der Waals surface area contributed by atoms with Crippen LogP contribution < -0.4 is 4.74 Å². The molecule has 2 fully saturated rings. The van der Waals surface area contributed by atoms with Gasteiger partial charge < -0.3 is 9.64 Å². The molecule has 2 aliphatic rings. The average molecular weight is 353 g/mol. The lowest BCUT2D eigenvalue weighted by atomic mass is 10.0. The van der Waals surface area contributed by atoms with Crippen LogP contribution >= 0.6 is 0 Å². The van der Waals surface area contributed by atoms with Gasteiger partial charge in [0, 0.05) is 32.3 Å². The van der Waals surface area contributed by atoms with Crippen LogP contribution in [0.3, 0.4) is 0 Å². The van der Waals surface area contributed by atoms with E-state index in [0.29, 0.717) is 24.4 Å². The monoisotopic (exact) mass is 353 g/mol. The number of amides is 1. The highest BCUT2D eigenvalue weighted by Crippen LogP contribution is 2.40. The molecule has 1 aromatic carbocycles. The Balaban J connectivity index is 1.26. The zero-order chi connectivity index (χ0) is 18.1. The smallest absolute Gasteiger partial charge is 0.222 e. The van der Waals surface area contributed by atoms with Crippen LogP contribution in [0, 0.1) is 18.8 Å². The van der Waals surface area contributed by atoms with E-state index in [-0.39, 0.29) is 5.91 Å². The molecule has 2 heterocycles. The van der Waals surface area contributed by atoms with Crippen LogP contribution in [0.15, 0.2) is 36.5 Å². The van der Waals surface area contributed by atoms with Crippen molar-refractivity contribution in [3.05, 3.63) is 47.8 Å². The Bertz CT molecular complexity index is 757. The second-order valence-corrected chi connectivity index (χ2v) is 7.72. The summed E-state index contributed by atoms with van der Waals surface area (Å²) in [6.45, 7) is 3.84. The Morgan fingerprint density at radius 1 is 1.19 bits per heavy atom. The van der Waals surface area contributed by atoms with E-state index in [9.17, 15) is 4.79 Å². The van der Waals surface area contributed by atoms with E-state index in [1.54, 1.807) is 0 Å². The number of hydrogen-bond acceptors (Lipinski definition) is 3. The number of para-hydroxylation sites is 1. The highest BCUT2D eigenvalue weighted by Gasteiger charge is 2.43. The second kappa shape index (κ2) is 7.14. The molecular formula is C21H27N3O2. The van der Waals surface area contributed by atoms with Crippen molar-refractivity contribution in [2.24, 2.45) is 18.9 Å². The predicted molar refractivity (Wildman–Crippen MR) is 99.9 cm³/mol. The second-order valence-electron chi connectivity index (χ2n) is 7.72. The Hall–Kier alpha value is -2.30. The van der Waals surface area contributed by atoms with Gasteiger partial charge >= 0.3 is 0 Å². The fourth-order valence-electron chi connectivity index (χ4n) is 4.43. The van der Waals surface area contributed by atoms with Crippen LogP contribution in [0.2, 0.25) is 0 Å². The van der Waals surface area contributed by atoms with Crippen LogP contribution in [-0.2, 0) is 18.3 Å². The van der Waals surface area contributed by atoms with E-state index in [4.69, 9.17) is 4.74 Å². The minimum Gasteiger partial charge on any atom is -0.490 e. The number of likely N-dealkylation sites (tertiary alicyclic amines) is 1. The third-order valence-electron chi connectivity index (χ3n) is 6.05. The maximum absolute atomic E-state index is 12.6. The van der Waals surface area contributed by atoms with Gasteiger partial charge in [-0.15, -0.1) is 0 Å². The summed E-state index contributed by atoms with van der Waals surface area (Å²) >= 11 is 0. The summed E-state index contributed by atoms with van der Waals surface area (Å²) < 4.78 is 7.98. The first-order valence-electron chi connectivity index (χ1n) is 9.57. The number of benzene rings is 1. The van der Waals surface area contributed by atoms with E-state index in [1.165, 1.54) is 5.56 Å². The number of carbonyl (C=O) groups excluding carboxylic acids is 1. The first kappa shape index (κ1) is 17.1. The molecule has 26 heavy (non-hydrogen) atoms. The molecule has 0 radical (unpaired) electrons. The maximum atomic E-state index is 12.6. The highest BCUT2D eigenvalue weighted by molar-refractivity contribution is 5.76. The number of nitrogens with zero attached hydrogens (tertiary/aromatic N) is 3. The lowest BCUT2D eigenvalue weighted by molar-refractivity contribution is -0.130. The van der Waals surface area contributed by atoms with E-state index in [0.717, 1.165) is 43.8 Å². The standard InChI is InChI=1S/C21H27N3O2/c1-15-16(12-22-23(15)2)8-9-21(25)24-13-17-10-20(11-18(17)14-24)26-19-6-4-3-5-7-19/h3-7,12,17-18,20H,8-11,13-14H2,1-2H3/t17-,18+,20?. The third-order valence-corrected chi connectivity index (χ3v) is 6.05. The number of aryl methyl sites for hydroxylation is 2. The quantitative estimate of drug-likeness (QED) is 0.830. The predicted octanol–water partition coefficient (Wildman–Crippen LogP) is 2.98. The number of hydrogen-bond donors (Lipinski definition) is 0. The lowest BCUT2D eigenvalue weighted by Crippen LogP contribution is -2.31. The molecule has 1 saturated heterocycles. The fraction of sp³-hybridized carbons (Fsp3) is 0.524. The first-order valence-corrected chi connectivity index (χ1v) is 9.57. The summed E-state index contributed by atoms with van der Waals surface area (Å²) in [4.78, 5) is 14.7. The van der Waals surface area contributed by atoms with E-state index in [1.807, 2.05) is 48.3 Å². The topological polar surface area (TPSA) is 47.4 Å². The van der Waals surface area contributed by atoms with Gasteiger partial charge in [0.15, 0.2) is 0 Å². The average Bonchev–Trinajstić information content (AvgIpc) is 3.29. The molecule has 2 aromatic rings. The Labute approximate surface area is 154 Å². The Morgan fingerprint density at radius 3 is 2.50 bits per heavy atom. The first-order chi connectivity index (χ1) is 12.6. The largest absolute Gasteiger partial charge is 0.490 e. The van der Waals surface area contributed by atoms with Crippen molar-refractivity contribution in [1.29, 1.82) is 0 Å². The van der Waals surface area contributed by atoms with Gasteiger partial charge in [-0.05, 0) is 55.7 Å². The molecule has 3 atom stereocenters. The van der Waals surface area contributed by atoms with Gasteiger partial charge in [-0.3, -0.25) is 9.48 Å². The van der Waals surface area contributed by atoms with Crippen molar-refractivity contribution in [2.45, 2.75) is 38.7 Å². The molecule has 1 aliphatic carbocycles. The minimum atomic E-state index is 0.281. The molecule has 1 aromatic heterocycles. The lowest BCUT2D eigenvalue weighted by Gasteiger charge is -2.20. The van der Waals surface area contributed by atoms with Crippen molar-refractivity contribution >= 4 is 5.91 Å². The van der Waals surface area contributed by atoms with Gasteiger partial charge in [0.2, 0.25) is 5.91 Å². The number of fused-ring (bicyclic) bond motifs is 1. The number of ether oxygens (including phenoxy) is 1. The van der Waals surface area contributed by atoms with Gasteiger partial charge in [0.05, 0.1) is 12.3 Å². The van der Waals surface area contributed by atoms with Crippen LogP contribution in [0.5, 0.6) is 5.75 Å². The minimum absolute atomic E-state index is 0.281. The summed E-state index contributed by atoms with van der Waals surface area (Å²) in [6.07, 6.45) is 5.66. The third kappa shape index (κ3) is 3.48. The molecule has 1 aliphatic heterocycles. The van der Waals surface area contributed by atoms with Gasteiger partial charge in [-0.25, -0.2) is 0 Å². The number of aromatic nitrogens is 2. The molecule has 5 nitrogen and oxygen atoms in total. The SMILES string of the molecule is Cc1c(CCC(=O)N2C[C@H]3CC(Oc4ccccc4)C[C@H]3C2)cnn1C. The summed E-state index contributed by atoms with van der Waals surface area (Å²) in [5.74, 6) is 2.42. The molecule has 1 saturated carbocycles. The van der Waals surface area contributed by atoms with E-state index >= 15 is 0 Å². The summed E-state index contributed by atoms with van der Waals surface area (Å²) in [6, 6.07) is 10.1. The fourth-order valence-corrected chi connectivity index (χ4v) is 4.43. The van der Waals surface area contributed by atoms with E-state index in [2.05, 4.69) is 16.9 Å². The normalized spacial score (nSPS) is 24.7. The molecule has 138 valence electrons. The molecule has 1 unspecified atom stereocenters. The van der Waals surface area contributed by atoms with Crippen molar-refractivity contribution in [3.8, 4) is 5.75 Å². The Kier molecular flexibility index (Phi) is 4.70. The van der Waals surface area contributed by atoms with Crippen LogP contribution in [0.4, 0.5) is 0 Å². The van der Waals surface area contributed by atoms with Gasteiger partial charge in [0.25, 0.3) is 0 Å². The molecule has 0 spiro atoms. The van der Waals surface area contributed by atoms with Crippen molar-refractivity contribution in [2.75, 3.05) is 13.1 Å². The van der Waals surface area contributed by atoms with Crippen LogP contribution in [0.1, 0.15) is 30.5 Å². The maximum Gasteiger partial charge on any atom is 0.222 e. The van der Waals surface area contributed by atoms with Gasteiger partial charge in [0.1, 0.15) is 5.75 Å². The van der Waals surface area contributed by atoms with Crippen molar-refractivity contribution in [1.82, 2.24) is 14.7 Å². The zero-order valence-electron chi connectivity index (χ0n) is 15.6.